The molecule has 0 unspecified atom stereocenters. The molecule has 0 spiro atoms. The first-order valence-corrected chi connectivity index (χ1v) is 7.52. The monoisotopic (exact) mass is 350 g/mol. The Morgan fingerprint density at radius 2 is 2.00 bits per heavy atom. The minimum atomic E-state index is 0.353. The summed E-state index contributed by atoms with van der Waals surface area (Å²) >= 11 is 4.93. The number of fused-ring (bicyclic) bond motifs is 1. The van der Waals surface area contributed by atoms with Crippen LogP contribution in [0.5, 0.6) is 5.88 Å². The Kier molecular flexibility index (Phi) is 3.81. The highest BCUT2D eigenvalue weighted by Gasteiger charge is 2.09. The Balaban J connectivity index is 1.86. The van der Waals surface area contributed by atoms with Crippen LogP contribution in [0.4, 0.5) is 5.95 Å². The van der Waals surface area contributed by atoms with Crippen molar-refractivity contribution in [2.24, 2.45) is 5.84 Å². The molecule has 5 nitrogen and oxygen atoms in total. The number of nitrogens with one attached hydrogen (secondary N) is 1. The van der Waals surface area contributed by atoms with Crippen LogP contribution < -0.4 is 16.0 Å². The van der Waals surface area contributed by atoms with Gasteiger partial charge in [-0.05, 0) is 29.1 Å². The second-order valence-corrected chi connectivity index (χ2v) is 5.86. The lowest BCUT2D eigenvalue weighted by atomic mass is 10.2. The van der Waals surface area contributed by atoms with E-state index in [0.717, 1.165) is 20.3 Å². The number of hydrazine groups is 1. The van der Waals surface area contributed by atoms with E-state index in [-0.39, 0.29) is 0 Å². The third-order valence-corrected chi connectivity index (χ3v) is 4.04. The number of nitrogens with zero attached hydrogens (tertiary/aromatic N) is 2. The number of thiophene rings is 1. The first-order chi connectivity index (χ1) is 9.76. The zero-order chi connectivity index (χ0) is 13.9. The van der Waals surface area contributed by atoms with Crippen molar-refractivity contribution >= 4 is 43.4 Å². The Bertz CT molecular complexity index is 729. The van der Waals surface area contributed by atoms with Gasteiger partial charge in [-0.3, -0.25) is 5.43 Å². The molecule has 2 aromatic heterocycles. The number of rotatable bonds is 4. The number of benzene rings is 1. The van der Waals surface area contributed by atoms with Gasteiger partial charge in [-0.2, -0.15) is 4.98 Å². The molecule has 102 valence electrons. The lowest BCUT2D eigenvalue weighted by Crippen LogP contribution is -2.11. The average molecular weight is 351 g/mol. The fourth-order valence-corrected chi connectivity index (χ4v) is 2.75. The maximum atomic E-state index is 5.79. The summed E-state index contributed by atoms with van der Waals surface area (Å²) in [5.74, 6) is 6.26. The van der Waals surface area contributed by atoms with E-state index in [1.807, 2.05) is 35.7 Å². The van der Waals surface area contributed by atoms with Gasteiger partial charge >= 0.3 is 0 Å². The molecular formula is C13H11BrN4OS. The highest BCUT2D eigenvalue weighted by Crippen LogP contribution is 2.28. The van der Waals surface area contributed by atoms with Crippen LogP contribution in [0.15, 0.2) is 40.2 Å². The molecule has 0 aliphatic rings. The van der Waals surface area contributed by atoms with Crippen molar-refractivity contribution in [1.29, 1.82) is 0 Å². The van der Waals surface area contributed by atoms with E-state index in [1.54, 1.807) is 0 Å². The van der Waals surface area contributed by atoms with Crippen molar-refractivity contribution in [2.45, 2.75) is 6.61 Å². The Morgan fingerprint density at radius 3 is 2.75 bits per heavy atom. The summed E-state index contributed by atoms with van der Waals surface area (Å²) in [5.41, 5.74) is 3.52. The molecule has 0 saturated carbocycles. The van der Waals surface area contributed by atoms with E-state index in [9.17, 15) is 0 Å². The Labute approximate surface area is 127 Å². The molecule has 0 radical (unpaired) electrons. The van der Waals surface area contributed by atoms with E-state index in [0.29, 0.717) is 18.4 Å². The van der Waals surface area contributed by atoms with Crippen LogP contribution >= 0.6 is 27.3 Å². The summed E-state index contributed by atoms with van der Waals surface area (Å²) < 4.78 is 6.83. The Hall–Kier alpha value is -1.70. The van der Waals surface area contributed by atoms with Gasteiger partial charge in [0.2, 0.25) is 11.8 Å². The van der Waals surface area contributed by atoms with Gasteiger partial charge in [0, 0.05) is 4.47 Å². The average Bonchev–Trinajstić information content (AvgIpc) is 2.94. The van der Waals surface area contributed by atoms with E-state index in [1.165, 1.54) is 11.3 Å². The number of halogens is 1. The quantitative estimate of drug-likeness (QED) is 0.557. The maximum Gasteiger partial charge on any atom is 0.241 e. The lowest BCUT2D eigenvalue weighted by molar-refractivity contribution is 0.298. The highest BCUT2D eigenvalue weighted by molar-refractivity contribution is 9.10. The standard InChI is InChI=1S/C13H11BrN4OS/c14-9-3-1-8(2-4-9)7-19-11-10-5-6-20-12(10)17-13(16-11)18-15/h1-6H,7,15H2,(H,16,17,18). The molecule has 1 aromatic carbocycles. The molecule has 0 aliphatic carbocycles. The number of ether oxygens (including phenoxy) is 1. The van der Waals surface area contributed by atoms with Crippen LogP contribution in [-0.4, -0.2) is 9.97 Å². The molecule has 0 atom stereocenters. The molecule has 20 heavy (non-hydrogen) atoms. The highest BCUT2D eigenvalue weighted by atomic mass is 79.9. The van der Waals surface area contributed by atoms with Crippen LogP contribution in [0.25, 0.3) is 10.2 Å². The molecule has 2 heterocycles. The summed E-state index contributed by atoms with van der Waals surface area (Å²) in [6, 6.07) is 9.89. The molecule has 0 fully saturated rings. The van der Waals surface area contributed by atoms with Gasteiger partial charge < -0.3 is 4.74 Å². The summed E-state index contributed by atoms with van der Waals surface area (Å²) in [4.78, 5) is 9.36. The number of anilines is 1. The van der Waals surface area contributed by atoms with Crippen molar-refractivity contribution in [2.75, 3.05) is 5.43 Å². The maximum absolute atomic E-state index is 5.79. The molecule has 0 saturated heterocycles. The molecule has 3 aromatic rings. The number of nitrogens with two attached hydrogens (primary N) is 1. The van der Waals surface area contributed by atoms with Crippen molar-refractivity contribution in [3.05, 3.63) is 45.7 Å². The minimum absolute atomic E-state index is 0.353. The van der Waals surface area contributed by atoms with Gasteiger partial charge in [0.1, 0.15) is 11.4 Å². The fraction of sp³-hybridized carbons (Fsp3) is 0.0769. The summed E-state index contributed by atoms with van der Waals surface area (Å²) in [6.07, 6.45) is 0. The van der Waals surface area contributed by atoms with Gasteiger partial charge in [-0.15, -0.1) is 11.3 Å². The minimum Gasteiger partial charge on any atom is -0.472 e. The second kappa shape index (κ2) is 5.74. The summed E-state index contributed by atoms with van der Waals surface area (Å²) in [6.45, 7) is 0.444. The number of hydrogen-bond donors (Lipinski definition) is 2. The molecule has 0 bridgehead atoms. The van der Waals surface area contributed by atoms with Crippen LogP contribution in [0.2, 0.25) is 0 Å². The van der Waals surface area contributed by atoms with Crippen LogP contribution in [-0.2, 0) is 6.61 Å². The normalized spacial score (nSPS) is 10.7. The van der Waals surface area contributed by atoms with Crippen molar-refractivity contribution < 1.29 is 4.74 Å². The Morgan fingerprint density at radius 1 is 1.20 bits per heavy atom. The second-order valence-electron chi connectivity index (χ2n) is 4.05. The predicted molar refractivity (Wildman–Crippen MR) is 83.7 cm³/mol. The van der Waals surface area contributed by atoms with Crippen molar-refractivity contribution in [3.8, 4) is 5.88 Å². The van der Waals surface area contributed by atoms with E-state index in [2.05, 4.69) is 31.3 Å². The molecule has 0 amide bonds. The van der Waals surface area contributed by atoms with Crippen LogP contribution in [0.3, 0.4) is 0 Å². The molecular weight excluding hydrogens is 340 g/mol. The molecule has 0 aliphatic heterocycles. The topological polar surface area (TPSA) is 73.1 Å². The number of hydrogen-bond acceptors (Lipinski definition) is 6. The first kappa shape index (κ1) is 13.3. The number of aromatic nitrogens is 2. The van der Waals surface area contributed by atoms with Gasteiger partial charge in [0.05, 0.1) is 5.39 Å². The van der Waals surface area contributed by atoms with Crippen molar-refractivity contribution in [1.82, 2.24) is 9.97 Å². The predicted octanol–water partition coefficient (Wildman–Crippen LogP) is 3.32. The molecule has 7 heteroatoms. The van der Waals surface area contributed by atoms with E-state index >= 15 is 0 Å². The fourth-order valence-electron chi connectivity index (χ4n) is 1.74. The van der Waals surface area contributed by atoms with Crippen LogP contribution in [0, 0.1) is 0 Å². The third-order valence-electron chi connectivity index (χ3n) is 2.71. The molecule has 3 rings (SSSR count). The van der Waals surface area contributed by atoms with Gasteiger partial charge in [0.15, 0.2) is 0 Å². The summed E-state index contributed by atoms with van der Waals surface area (Å²) in [7, 11) is 0. The van der Waals surface area contributed by atoms with E-state index in [4.69, 9.17) is 10.6 Å². The van der Waals surface area contributed by atoms with Gasteiger partial charge in [0.25, 0.3) is 0 Å². The third kappa shape index (κ3) is 2.74. The lowest BCUT2D eigenvalue weighted by Gasteiger charge is -2.08. The van der Waals surface area contributed by atoms with Gasteiger partial charge in [-0.25, -0.2) is 10.8 Å². The van der Waals surface area contributed by atoms with Crippen LogP contribution in [0.1, 0.15) is 5.56 Å². The number of nitrogen functional groups attached to an aromatic ring is 1. The smallest absolute Gasteiger partial charge is 0.241 e. The zero-order valence-corrected chi connectivity index (χ0v) is 12.7. The van der Waals surface area contributed by atoms with Gasteiger partial charge in [-0.1, -0.05) is 28.1 Å². The van der Waals surface area contributed by atoms with Crippen molar-refractivity contribution in [3.63, 3.8) is 0 Å². The molecule has 3 N–H and O–H groups in total. The largest absolute Gasteiger partial charge is 0.472 e. The summed E-state index contributed by atoms with van der Waals surface area (Å²) in [5, 5.41) is 2.85. The first-order valence-electron chi connectivity index (χ1n) is 5.85. The zero-order valence-electron chi connectivity index (χ0n) is 10.3. The van der Waals surface area contributed by atoms with E-state index < -0.39 is 0 Å². The SMILES string of the molecule is NNc1nc(OCc2ccc(Br)cc2)c2ccsc2n1.